The molecular weight excluding hydrogens is 300 g/mol. The summed E-state index contributed by atoms with van der Waals surface area (Å²) in [6.07, 6.45) is -2.41. The van der Waals surface area contributed by atoms with Gasteiger partial charge in [-0.15, -0.1) is 0 Å². The van der Waals surface area contributed by atoms with Crippen LogP contribution < -0.4 is 4.72 Å². The minimum atomic E-state index is -2.41. The second-order valence-electron chi connectivity index (χ2n) is 5.74. The molecule has 2 N–H and O–H groups in total. The highest BCUT2D eigenvalue weighted by molar-refractivity contribution is 7.84. The van der Waals surface area contributed by atoms with Crippen molar-refractivity contribution in [2.75, 3.05) is 0 Å². The normalized spacial score (nSPS) is 16.3. The molecule has 0 saturated heterocycles. The summed E-state index contributed by atoms with van der Waals surface area (Å²) in [4.78, 5) is 10.9. The lowest BCUT2D eigenvalue weighted by Gasteiger charge is -2.25. The van der Waals surface area contributed by atoms with Gasteiger partial charge < -0.3 is 5.11 Å². The van der Waals surface area contributed by atoms with Gasteiger partial charge in [-0.25, -0.2) is 22.5 Å². The van der Waals surface area contributed by atoms with Gasteiger partial charge in [-0.05, 0) is 33.8 Å². The molecule has 0 heterocycles. The molecular formula is C14H19F2NO3S. The SMILES string of the molecule is Cc1ccc(F)c([C@H](N[S@@](=O)C(C)(C)C)[C@H](F)C(=O)O)c1. The molecule has 0 bridgehead atoms. The fourth-order valence-corrected chi connectivity index (χ4v) is 2.45. The third kappa shape index (κ3) is 4.57. The largest absolute Gasteiger partial charge is 0.479 e. The van der Waals surface area contributed by atoms with Crippen molar-refractivity contribution in [2.45, 2.75) is 44.7 Å². The van der Waals surface area contributed by atoms with E-state index in [2.05, 4.69) is 4.72 Å². The van der Waals surface area contributed by atoms with E-state index in [9.17, 15) is 17.8 Å². The van der Waals surface area contributed by atoms with Crippen LogP contribution in [0.4, 0.5) is 8.78 Å². The van der Waals surface area contributed by atoms with Gasteiger partial charge in [0.05, 0.1) is 21.8 Å². The Labute approximate surface area is 125 Å². The van der Waals surface area contributed by atoms with Crippen molar-refractivity contribution >= 4 is 17.0 Å². The number of benzene rings is 1. The molecule has 0 aliphatic carbocycles. The van der Waals surface area contributed by atoms with Gasteiger partial charge in [-0.3, -0.25) is 0 Å². The minimum absolute atomic E-state index is 0.150. The van der Waals surface area contributed by atoms with E-state index in [-0.39, 0.29) is 5.56 Å². The first-order valence-electron chi connectivity index (χ1n) is 6.35. The maximum Gasteiger partial charge on any atom is 0.340 e. The lowest BCUT2D eigenvalue weighted by molar-refractivity contribution is -0.143. The van der Waals surface area contributed by atoms with Crippen LogP contribution >= 0.6 is 0 Å². The van der Waals surface area contributed by atoms with Gasteiger partial charge in [0, 0.05) is 5.56 Å². The summed E-state index contributed by atoms with van der Waals surface area (Å²) < 4.78 is 41.6. The number of alkyl halides is 1. The summed E-state index contributed by atoms with van der Waals surface area (Å²) >= 11 is 0. The zero-order valence-electron chi connectivity index (χ0n) is 12.3. The molecule has 0 unspecified atom stereocenters. The van der Waals surface area contributed by atoms with Crippen molar-refractivity contribution in [2.24, 2.45) is 0 Å². The first-order chi connectivity index (χ1) is 9.54. The quantitative estimate of drug-likeness (QED) is 0.877. The first kappa shape index (κ1) is 17.7. The highest BCUT2D eigenvalue weighted by atomic mass is 32.2. The second-order valence-corrected chi connectivity index (χ2v) is 7.74. The summed E-state index contributed by atoms with van der Waals surface area (Å²) in [6.45, 7) is 6.62. The molecule has 0 radical (unpaired) electrons. The molecule has 0 amide bonds. The number of carboxylic acid groups (broad SMARTS) is 1. The van der Waals surface area contributed by atoms with Gasteiger partial charge in [-0.2, -0.15) is 0 Å². The maximum atomic E-state index is 14.0. The molecule has 0 aliphatic rings. The van der Waals surface area contributed by atoms with Crippen LogP contribution in [-0.2, 0) is 15.8 Å². The average molecular weight is 319 g/mol. The van der Waals surface area contributed by atoms with Crippen LogP contribution in [0.25, 0.3) is 0 Å². The van der Waals surface area contributed by atoms with Gasteiger partial charge >= 0.3 is 5.97 Å². The second kappa shape index (κ2) is 6.62. The number of rotatable bonds is 5. The number of carboxylic acids is 1. The topological polar surface area (TPSA) is 66.4 Å². The molecule has 0 fully saturated rings. The number of hydrogen-bond acceptors (Lipinski definition) is 2. The van der Waals surface area contributed by atoms with Crippen LogP contribution in [-0.4, -0.2) is 26.2 Å². The molecule has 0 aliphatic heterocycles. The van der Waals surface area contributed by atoms with Crippen molar-refractivity contribution < 1.29 is 22.9 Å². The fourth-order valence-electron chi connectivity index (χ4n) is 1.62. The smallest absolute Gasteiger partial charge is 0.340 e. The maximum absolute atomic E-state index is 14.0. The zero-order valence-corrected chi connectivity index (χ0v) is 13.1. The Hall–Kier alpha value is -1.34. The van der Waals surface area contributed by atoms with Crippen LogP contribution in [0.5, 0.6) is 0 Å². The molecule has 0 spiro atoms. The third-order valence-electron chi connectivity index (χ3n) is 2.81. The molecule has 1 aromatic rings. The van der Waals surface area contributed by atoms with Crippen LogP contribution in [0.15, 0.2) is 18.2 Å². The summed E-state index contributed by atoms with van der Waals surface area (Å²) in [5.74, 6) is -2.48. The summed E-state index contributed by atoms with van der Waals surface area (Å²) in [5, 5.41) is 8.85. The van der Waals surface area contributed by atoms with E-state index >= 15 is 0 Å². The average Bonchev–Trinajstić information content (AvgIpc) is 2.36. The highest BCUT2D eigenvalue weighted by Gasteiger charge is 2.34. The van der Waals surface area contributed by atoms with Crippen molar-refractivity contribution in [3.63, 3.8) is 0 Å². The Balaban J connectivity index is 3.23. The van der Waals surface area contributed by atoms with Gasteiger partial charge in [-0.1, -0.05) is 17.7 Å². The molecule has 1 rings (SSSR count). The van der Waals surface area contributed by atoms with E-state index in [1.165, 1.54) is 12.1 Å². The first-order valence-corrected chi connectivity index (χ1v) is 7.50. The van der Waals surface area contributed by atoms with Crippen LogP contribution in [0.1, 0.15) is 37.9 Å². The Morgan fingerprint density at radius 1 is 1.38 bits per heavy atom. The lowest BCUT2D eigenvalue weighted by atomic mass is 10.0. The third-order valence-corrected chi connectivity index (χ3v) is 4.39. The predicted molar refractivity (Wildman–Crippen MR) is 77.4 cm³/mol. The standard InChI is InChI=1S/C14H19F2NO3S/c1-8-5-6-10(15)9(7-8)12(11(16)13(18)19)17-21(20)14(2,3)4/h5-7,11-12,17H,1-4H3,(H,18,19)/t11-,12-,21-/m0/s1. The van der Waals surface area contributed by atoms with Gasteiger partial charge in [0.25, 0.3) is 0 Å². The molecule has 118 valence electrons. The number of halogens is 2. The Bertz CT molecular complexity index is 558. The monoisotopic (exact) mass is 319 g/mol. The van der Waals surface area contributed by atoms with Gasteiger partial charge in [0.2, 0.25) is 6.17 Å². The zero-order chi connectivity index (χ0) is 16.4. The predicted octanol–water partition coefficient (Wildman–Crippen LogP) is 2.65. The Morgan fingerprint density at radius 2 is 1.95 bits per heavy atom. The highest BCUT2D eigenvalue weighted by Crippen LogP contribution is 2.26. The van der Waals surface area contributed by atoms with Gasteiger partial charge in [0.1, 0.15) is 5.82 Å². The van der Waals surface area contributed by atoms with Crippen LogP contribution in [0, 0.1) is 12.7 Å². The Kier molecular flexibility index (Phi) is 5.58. The van der Waals surface area contributed by atoms with E-state index in [4.69, 9.17) is 5.11 Å². The lowest BCUT2D eigenvalue weighted by Crippen LogP contribution is -2.41. The van der Waals surface area contributed by atoms with Crippen LogP contribution in [0.2, 0.25) is 0 Å². The van der Waals surface area contributed by atoms with Crippen LogP contribution in [0.3, 0.4) is 0 Å². The fraction of sp³-hybridized carbons (Fsp3) is 0.500. The number of hydrogen-bond donors (Lipinski definition) is 2. The molecule has 0 saturated carbocycles. The molecule has 7 heteroatoms. The summed E-state index contributed by atoms with van der Waals surface area (Å²) in [7, 11) is -1.74. The van der Waals surface area contributed by atoms with E-state index in [1.807, 2.05) is 0 Å². The molecule has 3 atom stereocenters. The van der Waals surface area contributed by atoms with Crippen molar-refractivity contribution in [1.29, 1.82) is 0 Å². The van der Waals surface area contributed by atoms with Crippen molar-refractivity contribution in [1.82, 2.24) is 4.72 Å². The number of nitrogens with one attached hydrogen (secondary N) is 1. The number of aliphatic carboxylic acids is 1. The number of carbonyl (C=O) groups is 1. The molecule has 21 heavy (non-hydrogen) atoms. The minimum Gasteiger partial charge on any atom is -0.479 e. The molecule has 0 aromatic heterocycles. The van der Waals surface area contributed by atoms with E-state index in [0.717, 1.165) is 6.07 Å². The van der Waals surface area contributed by atoms with E-state index < -0.39 is 39.7 Å². The summed E-state index contributed by atoms with van der Waals surface area (Å²) in [6, 6.07) is 2.45. The molecule has 4 nitrogen and oxygen atoms in total. The molecule has 1 aromatic carbocycles. The Morgan fingerprint density at radius 3 is 2.43 bits per heavy atom. The van der Waals surface area contributed by atoms with Crippen molar-refractivity contribution in [3.8, 4) is 0 Å². The van der Waals surface area contributed by atoms with Crippen molar-refractivity contribution in [3.05, 3.63) is 35.1 Å². The van der Waals surface area contributed by atoms with E-state index in [0.29, 0.717) is 5.56 Å². The number of aryl methyl sites for hydroxylation is 1. The van der Waals surface area contributed by atoms with E-state index in [1.54, 1.807) is 27.7 Å². The summed E-state index contributed by atoms with van der Waals surface area (Å²) in [5.41, 5.74) is 0.500. The van der Waals surface area contributed by atoms with Gasteiger partial charge in [0.15, 0.2) is 0 Å².